The number of carbonyl (C=O) groups excluding carboxylic acids is 3. The highest BCUT2D eigenvalue weighted by Gasteiger charge is 2.58. The fourth-order valence-electron chi connectivity index (χ4n) is 8.46. The Morgan fingerprint density at radius 3 is 2.15 bits per heavy atom. The number of phenolic OH excluding ortho intramolecular Hbond substituents is 1. The molecule has 1 fully saturated rings. The number of fused-ring (bicyclic) bond motifs is 1. The van der Waals surface area contributed by atoms with Crippen LogP contribution in [0.25, 0.3) is 6.08 Å². The molecule has 2 aliphatic rings. The summed E-state index contributed by atoms with van der Waals surface area (Å²) in [7, 11) is -0.474. The average Bonchev–Trinajstić information content (AvgIpc) is 3.42. The number of aromatic hydroxyl groups is 1. The topological polar surface area (TPSA) is 143 Å². The molecule has 1 saturated heterocycles. The first-order valence-corrected chi connectivity index (χ1v) is 21.7. The van der Waals surface area contributed by atoms with E-state index in [9.17, 15) is 29.7 Å². The van der Waals surface area contributed by atoms with Gasteiger partial charge in [-0.15, -0.1) is 0 Å². The Balaban J connectivity index is 1.59. The number of ether oxygens (including phenoxy) is 2. The lowest BCUT2D eigenvalue weighted by Gasteiger charge is -2.44. The molecule has 3 aromatic rings. The zero-order valence-electron chi connectivity index (χ0n) is 32.4. The SMILES string of the molecule is CCC/C(=C\c1cc(I)c(O)c(OC)c1)CC[C@@H](O)C1=C(CO[Si](c2ccccc2)(c2ccccc2)C(C)(C)C)C[C@H]2C(=O)N(C(=O)OC)C(=O)[C@H]2[C@H]1CO. The summed E-state index contributed by atoms with van der Waals surface area (Å²) >= 11 is 2.06. The molecule has 1 heterocycles. The normalized spacial score (nSPS) is 19.8. The molecule has 5 rings (SSSR count). The lowest BCUT2D eigenvalue weighted by molar-refractivity contribution is -0.137. The predicted molar refractivity (Wildman–Crippen MR) is 223 cm³/mol. The molecule has 0 saturated carbocycles. The van der Waals surface area contributed by atoms with Crippen molar-refractivity contribution in [3.8, 4) is 11.5 Å². The van der Waals surface area contributed by atoms with Crippen molar-refractivity contribution in [3.63, 3.8) is 0 Å². The van der Waals surface area contributed by atoms with Crippen molar-refractivity contribution in [2.75, 3.05) is 27.4 Å². The number of phenols is 1. The van der Waals surface area contributed by atoms with E-state index in [1.54, 1.807) is 6.07 Å². The number of allylic oxidation sites excluding steroid dienone is 1. The van der Waals surface area contributed by atoms with E-state index in [1.807, 2.05) is 48.5 Å². The van der Waals surface area contributed by atoms with E-state index in [4.69, 9.17) is 13.9 Å². The molecule has 0 aromatic heterocycles. The van der Waals surface area contributed by atoms with Gasteiger partial charge in [0, 0.05) is 5.92 Å². The van der Waals surface area contributed by atoms with Gasteiger partial charge in [0.15, 0.2) is 11.5 Å². The number of hydrogen-bond donors (Lipinski definition) is 3. The fraction of sp³-hybridized carbons (Fsp3) is 0.419. The highest BCUT2D eigenvalue weighted by molar-refractivity contribution is 14.1. The van der Waals surface area contributed by atoms with Crippen LogP contribution in [0.15, 0.2) is 89.5 Å². The number of aliphatic hydroxyl groups is 2. The lowest BCUT2D eigenvalue weighted by atomic mass is 9.68. The van der Waals surface area contributed by atoms with Crippen LogP contribution < -0.4 is 15.1 Å². The van der Waals surface area contributed by atoms with Gasteiger partial charge in [0.1, 0.15) is 0 Å². The molecule has 3 N–H and O–H groups in total. The molecule has 3 aromatic carbocycles. The summed E-state index contributed by atoms with van der Waals surface area (Å²) in [6.45, 7) is 8.09. The van der Waals surface area contributed by atoms with Gasteiger partial charge in [-0.3, -0.25) is 9.59 Å². The van der Waals surface area contributed by atoms with Gasteiger partial charge in [0.05, 0.1) is 48.9 Å². The van der Waals surface area contributed by atoms with Crippen LogP contribution >= 0.6 is 22.6 Å². The summed E-state index contributed by atoms with van der Waals surface area (Å²) in [6.07, 6.45) is 2.33. The zero-order valence-corrected chi connectivity index (χ0v) is 35.5. The Bertz CT molecular complexity index is 1890. The number of benzene rings is 3. The van der Waals surface area contributed by atoms with Gasteiger partial charge >= 0.3 is 6.09 Å². The summed E-state index contributed by atoms with van der Waals surface area (Å²) in [4.78, 5) is 40.8. The van der Waals surface area contributed by atoms with Crippen LogP contribution in [0, 0.1) is 21.3 Å². The molecular weight excluding hydrogens is 829 g/mol. The second-order valence-corrected chi connectivity index (χ2v) is 20.7. The molecule has 55 heavy (non-hydrogen) atoms. The molecule has 1 aliphatic carbocycles. The number of rotatable bonds is 14. The van der Waals surface area contributed by atoms with Gasteiger partial charge in [-0.25, -0.2) is 4.79 Å². The fourth-order valence-corrected chi connectivity index (χ4v) is 13.6. The van der Waals surface area contributed by atoms with Crippen LogP contribution in [0.2, 0.25) is 5.04 Å². The summed E-state index contributed by atoms with van der Waals surface area (Å²) in [5.74, 6) is -3.88. The van der Waals surface area contributed by atoms with E-state index in [0.717, 1.165) is 41.5 Å². The van der Waals surface area contributed by atoms with E-state index in [1.165, 1.54) is 7.11 Å². The molecule has 1 aliphatic heterocycles. The molecule has 10 nitrogen and oxygen atoms in total. The Morgan fingerprint density at radius 1 is 1.00 bits per heavy atom. The lowest BCUT2D eigenvalue weighted by Crippen LogP contribution is -2.66. The number of aliphatic hydroxyl groups excluding tert-OH is 2. The number of methoxy groups -OCH3 is 2. The van der Waals surface area contributed by atoms with Gasteiger partial charge in [-0.05, 0) is 92.5 Å². The van der Waals surface area contributed by atoms with Crippen LogP contribution in [-0.4, -0.2) is 80.0 Å². The number of hydrogen-bond acceptors (Lipinski definition) is 9. The maximum Gasteiger partial charge on any atom is 0.423 e. The molecule has 4 atom stereocenters. The van der Waals surface area contributed by atoms with Crippen LogP contribution in [-0.2, 0) is 18.8 Å². The summed E-state index contributed by atoms with van der Waals surface area (Å²) in [5, 5.41) is 35.4. The maximum atomic E-state index is 13.8. The number of carbonyl (C=O) groups is 3. The van der Waals surface area contributed by atoms with Crippen molar-refractivity contribution in [2.24, 2.45) is 17.8 Å². The Kier molecular flexibility index (Phi) is 13.8. The third-order valence-electron chi connectivity index (χ3n) is 10.9. The van der Waals surface area contributed by atoms with Gasteiger partial charge in [0.2, 0.25) is 11.8 Å². The molecule has 294 valence electrons. The first kappa shape index (κ1) is 42.3. The predicted octanol–water partition coefficient (Wildman–Crippen LogP) is 6.58. The van der Waals surface area contributed by atoms with E-state index in [2.05, 4.69) is 74.6 Å². The monoisotopic (exact) mass is 881 g/mol. The van der Waals surface area contributed by atoms with Crippen molar-refractivity contribution in [2.45, 2.75) is 70.9 Å². The largest absolute Gasteiger partial charge is 0.504 e. The molecule has 12 heteroatoms. The molecule has 0 radical (unpaired) electrons. The number of imide groups is 3. The molecular formula is C43H52INO9Si. The third-order valence-corrected chi connectivity index (χ3v) is 16.7. The van der Waals surface area contributed by atoms with Crippen LogP contribution in [0.5, 0.6) is 11.5 Å². The molecule has 0 bridgehead atoms. The standard InChI is InChI=1S/C43H52INO9Si/c1-7-14-27(21-28-22-34(44)39(48)36(23-28)52-5)19-20-35(47)37-29(24-32-38(33(37)25-46)41(50)45(40(32)49)42(51)53-6)26-54-55(43(2,3)4,30-15-10-8-11-16-30)31-17-12-9-13-18-31/h8-13,15-18,21-23,32-33,35,38,46-48H,7,14,19-20,24-26H2,1-6H3/b27-21+/t32-,33+,35-,38-/m1/s1. The minimum Gasteiger partial charge on any atom is -0.504 e. The average molecular weight is 882 g/mol. The van der Waals surface area contributed by atoms with Gasteiger partial charge in [-0.1, -0.05) is 106 Å². The number of likely N-dealkylation sites (tertiary alicyclic amines) is 1. The number of amides is 3. The van der Waals surface area contributed by atoms with Crippen LogP contribution in [0.1, 0.15) is 65.4 Å². The Hall–Kier alpha value is -3.82. The van der Waals surface area contributed by atoms with Crippen LogP contribution in [0.4, 0.5) is 4.79 Å². The molecule has 0 spiro atoms. The first-order chi connectivity index (χ1) is 26.2. The van der Waals surface area contributed by atoms with Gasteiger partial charge < -0.3 is 29.2 Å². The van der Waals surface area contributed by atoms with Crippen molar-refractivity contribution < 1.29 is 43.6 Å². The summed E-state index contributed by atoms with van der Waals surface area (Å²) in [5.41, 5.74) is 3.04. The highest BCUT2D eigenvalue weighted by Crippen LogP contribution is 2.47. The smallest absolute Gasteiger partial charge is 0.423 e. The third kappa shape index (κ3) is 8.48. The van der Waals surface area contributed by atoms with Gasteiger partial charge in [-0.2, -0.15) is 4.90 Å². The second-order valence-electron chi connectivity index (χ2n) is 15.3. The quantitative estimate of drug-likeness (QED) is 0.0709. The van der Waals surface area contributed by atoms with E-state index in [0.29, 0.717) is 31.8 Å². The molecule has 0 unspecified atom stereocenters. The second kappa shape index (κ2) is 18.0. The van der Waals surface area contributed by atoms with Crippen molar-refractivity contribution in [3.05, 3.63) is 98.6 Å². The highest BCUT2D eigenvalue weighted by atomic mass is 127. The minimum atomic E-state index is -3.09. The maximum absolute atomic E-state index is 13.8. The number of nitrogens with zero attached hydrogens (tertiary/aromatic N) is 1. The summed E-state index contributed by atoms with van der Waals surface area (Å²) in [6, 6.07) is 23.9. The minimum absolute atomic E-state index is 0.0441. The summed E-state index contributed by atoms with van der Waals surface area (Å²) < 4.78 is 18.2. The Labute approximate surface area is 338 Å². The zero-order chi connectivity index (χ0) is 40.1. The van der Waals surface area contributed by atoms with Gasteiger partial charge in [0.25, 0.3) is 8.32 Å². The van der Waals surface area contributed by atoms with E-state index < -0.39 is 56.7 Å². The first-order valence-electron chi connectivity index (χ1n) is 18.7. The Morgan fingerprint density at radius 2 is 1.62 bits per heavy atom. The molecule has 3 amide bonds. The number of halogens is 1. The van der Waals surface area contributed by atoms with Crippen molar-refractivity contribution in [1.29, 1.82) is 0 Å². The van der Waals surface area contributed by atoms with E-state index >= 15 is 0 Å². The van der Waals surface area contributed by atoms with Crippen molar-refractivity contribution in [1.82, 2.24) is 4.90 Å². The van der Waals surface area contributed by atoms with E-state index in [-0.39, 0.29) is 30.2 Å². The van der Waals surface area contributed by atoms with Crippen molar-refractivity contribution >= 4 is 65.3 Å². The van der Waals surface area contributed by atoms with Crippen LogP contribution in [0.3, 0.4) is 0 Å².